The summed E-state index contributed by atoms with van der Waals surface area (Å²) in [5.41, 5.74) is 0.671. The molecule has 0 amide bonds. The maximum absolute atomic E-state index is 12.0. The number of fused-ring (bicyclic) bond motifs is 1. The van der Waals surface area contributed by atoms with Crippen molar-refractivity contribution in [1.82, 2.24) is 0 Å². The Balaban J connectivity index is 1.68. The Labute approximate surface area is 256 Å². The minimum Gasteiger partial charge on any atom is -0.481 e. The number of ether oxygens (including phenoxy) is 3. The molecule has 4 rings (SSSR count). The topological polar surface area (TPSA) is 203 Å². The van der Waals surface area contributed by atoms with Crippen LogP contribution >= 0.6 is 11.6 Å². The van der Waals surface area contributed by atoms with Crippen LogP contribution in [0.15, 0.2) is 36.4 Å². The summed E-state index contributed by atoms with van der Waals surface area (Å²) in [5.74, 6) is -6.54. The van der Waals surface area contributed by atoms with Gasteiger partial charge in [0.2, 0.25) is 6.29 Å². The number of benzene rings is 2. The summed E-state index contributed by atoms with van der Waals surface area (Å²) in [4.78, 5) is 60.0. The van der Waals surface area contributed by atoms with Crippen molar-refractivity contribution in [3.8, 4) is 5.75 Å². The van der Waals surface area contributed by atoms with Crippen LogP contribution < -0.4 is 9.64 Å². The van der Waals surface area contributed by atoms with Crippen LogP contribution in [0.4, 0.5) is 17.1 Å². The molecule has 1 fully saturated rings. The van der Waals surface area contributed by atoms with Gasteiger partial charge in [-0.15, -0.1) is 0 Å². The molecule has 2 aliphatic heterocycles. The van der Waals surface area contributed by atoms with Gasteiger partial charge in [0.1, 0.15) is 12.4 Å². The lowest BCUT2D eigenvalue weighted by atomic mass is 9.62. The van der Waals surface area contributed by atoms with Gasteiger partial charge in [-0.3, -0.25) is 29.3 Å². The Bertz CT molecular complexity index is 1480. The number of hydrogen-bond donors (Lipinski definition) is 3. The first-order chi connectivity index (χ1) is 20.7. The van der Waals surface area contributed by atoms with Crippen molar-refractivity contribution in [3.63, 3.8) is 0 Å². The molecule has 3 N–H and O–H groups in total. The number of nitro groups is 1. The van der Waals surface area contributed by atoms with Gasteiger partial charge in [0.25, 0.3) is 5.69 Å². The van der Waals surface area contributed by atoms with E-state index in [0.29, 0.717) is 18.7 Å². The highest BCUT2D eigenvalue weighted by atomic mass is 35.5. The second-order valence-electron chi connectivity index (χ2n) is 11.1. The molecule has 44 heavy (non-hydrogen) atoms. The van der Waals surface area contributed by atoms with Crippen molar-refractivity contribution >= 4 is 52.5 Å². The third kappa shape index (κ3) is 7.03. The molecule has 2 aliphatic rings. The van der Waals surface area contributed by atoms with Crippen LogP contribution in [0.25, 0.3) is 0 Å². The van der Waals surface area contributed by atoms with Crippen LogP contribution in [0.5, 0.6) is 5.75 Å². The van der Waals surface area contributed by atoms with Gasteiger partial charge in [-0.25, -0.2) is 0 Å². The Kier molecular flexibility index (Phi) is 9.64. The van der Waals surface area contributed by atoms with Gasteiger partial charge in [-0.1, -0.05) is 18.5 Å². The third-order valence-electron chi connectivity index (χ3n) is 8.10. The van der Waals surface area contributed by atoms with E-state index in [9.17, 15) is 44.6 Å². The van der Waals surface area contributed by atoms with Crippen LogP contribution in [0, 0.1) is 27.4 Å². The summed E-state index contributed by atoms with van der Waals surface area (Å²) in [6, 6.07) is 9.41. The predicted molar refractivity (Wildman–Crippen MR) is 153 cm³/mol. The van der Waals surface area contributed by atoms with Crippen molar-refractivity contribution in [2.24, 2.45) is 17.3 Å². The van der Waals surface area contributed by atoms with Crippen LogP contribution in [-0.4, -0.2) is 69.7 Å². The van der Waals surface area contributed by atoms with Crippen molar-refractivity contribution in [1.29, 1.82) is 0 Å². The molecule has 2 aromatic rings. The van der Waals surface area contributed by atoms with E-state index < -0.39 is 84.3 Å². The molecule has 14 nitrogen and oxygen atoms in total. The van der Waals surface area contributed by atoms with Crippen LogP contribution in [0.1, 0.15) is 38.7 Å². The SMILES string of the molecule is CC(=O)OC[C@@H]1O[C@H](Oc2ccc(N3CCc4cc([N+](=O)[O-])ccc43)cc2Cl)[C@@](C)(CC(=O)O)[C@@H](CC(=O)O)[C@H]1CC(=O)O. The van der Waals surface area contributed by atoms with E-state index in [1.54, 1.807) is 18.2 Å². The third-order valence-corrected chi connectivity index (χ3v) is 8.39. The molecule has 236 valence electrons. The Morgan fingerprint density at radius 1 is 1.09 bits per heavy atom. The van der Waals surface area contributed by atoms with Crippen molar-refractivity contribution in [2.75, 3.05) is 18.1 Å². The normalized spacial score (nSPS) is 24.3. The molecule has 0 bridgehead atoms. The first kappa shape index (κ1) is 32.5. The van der Waals surface area contributed by atoms with E-state index in [2.05, 4.69) is 0 Å². The monoisotopic (exact) mass is 634 g/mol. The number of nitro benzene ring substituents is 1. The van der Waals surface area contributed by atoms with Gasteiger partial charge in [0.05, 0.1) is 28.9 Å². The van der Waals surface area contributed by atoms with Gasteiger partial charge in [-0.05, 0) is 42.2 Å². The quantitative estimate of drug-likeness (QED) is 0.170. The molecule has 0 radical (unpaired) electrons. The average Bonchev–Trinajstić information content (AvgIpc) is 3.35. The highest BCUT2D eigenvalue weighted by Gasteiger charge is 2.56. The summed E-state index contributed by atoms with van der Waals surface area (Å²) in [6.07, 6.45) is -3.77. The van der Waals surface area contributed by atoms with Crippen LogP contribution in [0.3, 0.4) is 0 Å². The number of rotatable bonds is 12. The smallest absolute Gasteiger partial charge is 0.304 e. The molecule has 2 heterocycles. The fourth-order valence-electron chi connectivity index (χ4n) is 6.09. The van der Waals surface area contributed by atoms with Crippen molar-refractivity contribution in [3.05, 3.63) is 57.1 Å². The maximum Gasteiger partial charge on any atom is 0.304 e. The summed E-state index contributed by atoms with van der Waals surface area (Å²) in [5, 5.41) is 40.4. The number of carbonyl (C=O) groups is 4. The molecule has 0 unspecified atom stereocenters. The van der Waals surface area contributed by atoms with Crippen LogP contribution in [-0.2, 0) is 35.1 Å². The number of carbonyl (C=O) groups excluding carboxylic acids is 1. The number of carboxylic acids is 3. The zero-order valence-electron chi connectivity index (χ0n) is 23.8. The summed E-state index contributed by atoms with van der Waals surface area (Å²) in [6.45, 7) is 2.73. The number of halogens is 1. The molecule has 0 saturated carbocycles. The molecule has 0 spiro atoms. The Hall–Kier alpha value is -4.43. The van der Waals surface area contributed by atoms with Gasteiger partial charge in [0.15, 0.2) is 0 Å². The molecule has 0 aromatic heterocycles. The molecular weight excluding hydrogens is 604 g/mol. The van der Waals surface area contributed by atoms with Crippen molar-refractivity contribution in [2.45, 2.75) is 51.9 Å². The number of carboxylic acid groups (broad SMARTS) is 3. The van der Waals surface area contributed by atoms with E-state index in [1.807, 2.05) is 4.90 Å². The highest BCUT2D eigenvalue weighted by Crippen LogP contribution is 2.51. The van der Waals surface area contributed by atoms with Crippen molar-refractivity contribution < 1.29 is 53.6 Å². The minimum atomic E-state index is -1.55. The van der Waals surface area contributed by atoms with Crippen LogP contribution in [0.2, 0.25) is 5.02 Å². The highest BCUT2D eigenvalue weighted by molar-refractivity contribution is 6.32. The minimum absolute atomic E-state index is 0.0110. The zero-order chi connectivity index (χ0) is 32.3. The second-order valence-corrected chi connectivity index (χ2v) is 11.5. The molecule has 2 aromatic carbocycles. The van der Waals surface area contributed by atoms with E-state index in [4.69, 9.17) is 25.8 Å². The van der Waals surface area contributed by atoms with E-state index in [-0.39, 0.29) is 16.5 Å². The molecular formula is C29H31ClN2O12. The maximum atomic E-state index is 12.0. The largest absolute Gasteiger partial charge is 0.481 e. The molecule has 5 atom stereocenters. The molecule has 1 saturated heterocycles. The Morgan fingerprint density at radius 3 is 2.39 bits per heavy atom. The lowest BCUT2D eigenvalue weighted by Gasteiger charge is -2.52. The Morgan fingerprint density at radius 2 is 1.80 bits per heavy atom. The van der Waals surface area contributed by atoms with Gasteiger partial charge < -0.3 is 34.4 Å². The number of non-ortho nitro benzene ring substituents is 1. The van der Waals surface area contributed by atoms with Gasteiger partial charge >= 0.3 is 23.9 Å². The lowest BCUT2D eigenvalue weighted by Crippen LogP contribution is -2.59. The number of hydrogen-bond acceptors (Lipinski definition) is 10. The first-order valence-corrected chi connectivity index (χ1v) is 14.0. The fraction of sp³-hybridized carbons (Fsp3) is 0.448. The second kappa shape index (κ2) is 13.1. The van der Waals surface area contributed by atoms with E-state index in [1.165, 1.54) is 25.1 Å². The zero-order valence-corrected chi connectivity index (χ0v) is 24.6. The molecule has 0 aliphatic carbocycles. The molecule has 15 heteroatoms. The lowest BCUT2D eigenvalue weighted by molar-refractivity contribution is -0.384. The standard InChI is InChI=1S/C29H31ClN2O12/c1-15(33)42-14-24-19(11-25(34)35)20(12-26(36)37)29(2,13-27(38)39)28(44-24)43-23-6-4-17(10-21(23)30)31-8-7-16-9-18(32(40)41)3-5-22(16)31/h3-6,9-10,19-20,24,28H,7-8,11-14H2,1-2H3,(H,34,35)(H,36,37)(H,38,39)/t19-,20+,24+,28+,29+/m1/s1. The number of anilines is 2. The summed E-state index contributed by atoms with van der Waals surface area (Å²) >= 11 is 6.62. The number of esters is 1. The first-order valence-electron chi connectivity index (χ1n) is 13.6. The fourth-order valence-corrected chi connectivity index (χ4v) is 6.31. The summed E-state index contributed by atoms with van der Waals surface area (Å²) < 4.78 is 17.3. The van der Waals surface area contributed by atoms with Gasteiger partial charge in [0, 0.05) is 54.7 Å². The number of aliphatic carboxylic acids is 3. The average molecular weight is 635 g/mol. The van der Waals surface area contributed by atoms with E-state index in [0.717, 1.165) is 18.2 Å². The predicted octanol–water partition coefficient (Wildman–Crippen LogP) is 4.27. The number of nitrogens with zero attached hydrogens (tertiary/aromatic N) is 2. The van der Waals surface area contributed by atoms with E-state index >= 15 is 0 Å². The van der Waals surface area contributed by atoms with Gasteiger partial charge in [-0.2, -0.15) is 0 Å². The summed E-state index contributed by atoms with van der Waals surface area (Å²) in [7, 11) is 0.